The molecule has 224 valence electrons. The molecule has 2 fully saturated rings. The second kappa shape index (κ2) is 17.3. The number of aliphatic carboxylic acids is 1. The lowest BCUT2D eigenvalue weighted by molar-refractivity contribution is -0.192. The van der Waals surface area contributed by atoms with Crippen molar-refractivity contribution in [2.24, 2.45) is 0 Å². The summed E-state index contributed by atoms with van der Waals surface area (Å²) in [5.74, 6) is -2.76. The first-order valence-corrected chi connectivity index (χ1v) is 13.6. The van der Waals surface area contributed by atoms with Gasteiger partial charge in [0.2, 0.25) is 0 Å². The zero-order valence-corrected chi connectivity index (χ0v) is 23.3. The molecule has 2 aliphatic rings. The molecule has 2 heterocycles. The van der Waals surface area contributed by atoms with Gasteiger partial charge in [0.1, 0.15) is 5.60 Å². The van der Waals surface area contributed by atoms with Crippen LogP contribution in [0.4, 0.5) is 18.0 Å². The Labute approximate surface area is 229 Å². The lowest BCUT2D eigenvalue weighted by Crippen LogP contribution is -2.46. The molecule has 11 heteroatoms. The molecule has 3 rings (SSSR count). The summed E-state index contributed by atoms with van der Waals surface area (Å²) in [5, 5.41) is 25.2. The summed E-state index contributed by atoms with van der Waals surface area (Å²) in [5.41, 5.74) is 0.936. The molecular formula is C28H45F3N2O6. The summed E-state index contributed by atoms with van der Waals surface area (Å²) >= 11 is 0. The van der Waals surface area contributed by atoms with Gasteiger partial charge in [0.25, 0.3) is 0 Å². The van der Waals surface area contributed by atoms with Crippen molar-refractivity contribution in [1.29, 1.82) is 0 Å². The fraction of sp³-hybridized carbons (Fsp3) is 0.714. The normalized spacial score (nSPS) is 20.2. The highest BCUT2D eigenvalue weighted by Gasteiger charge is 2.38. The van der Waals surface area contributed by atoms with Gasteiger partial charge >= 0.3 is 18.2 Å². The fourth-order valence-electron chi connectivity index (χ4n) is 4.57. The molecule has 2 saturated heterocycles. The topological polar surface area (TPSA) is 111 Å². The maximum absolute atomic E-state index is 11.9. The van der Waals surface area contributed by atoms with E-state index in [1.54, 1.807) is 4.90 Å². The van der Waals surface area contributed by atoms with Gasteiger partial charge in [-0.2, -0.15) is 13.2 Å². The van der Waals surface area contributed by atoms with Crippen LogP contribution in [0, 0.1) is 0 Å². The number of ether oxygens (including phenoxy) is 1. The smallest absolute Gasteiger partial charge is 0.475 e. The molecule has 1 amide bonds. The number of carboxylic acids is 1. The summed E-state index contributed by atoms with van der Waals surface area (Å²) in [7, 11) is 0. The van der Waals surface area contributed by atoms with E-state index in [2.05, 4.69) is 35.2 Å². The average Bonchev–Trinajstić information content (AvgIpc) is 2.86. The van der Waals surface area contributed by atoms with Gasteiger partial charge in [0.05, 0.1) is 0 Å². The minimum Gasteiger partial charge on any atom is -0.475 e. The van der Waals surface area contributed by atoms with E-state index in [0.29, 0.717) is 19.1 Å². The molecule has 3 N–H and O–H groups in total. The number of carboxylic acid groups (broad SMARTS) is 1. The molecule has 0 radical (unpaired) electrons. The monoisotopic (exact) mass is 562 g/mol. The Kier molecular flexibility index (Phi) is 15.4. The third-order valence-corrected chi connectivity index (χ3v) is 6.40. The quantitative estimate of drug-likeness (QED) is 0.436. The lowest BCUT2D eigenvalue weighted by Gasteiger charge is -2.36. The minimum atomic E-state index is -5.08. The first-order chi connectivity index (χ1) is 18.3. The van der Waals surface area contributed by atoms with Gasteiger partial charge in [0, 0.05) is 38.4 Å². The second-order valence-electron chi connectivity index (χ2n) is 10.8. The van der Waals surface area contributed by atoms with Crippen LogP contribution in [0.5, 0.6) is 0 Å². The van der Waals surface area contributed by atoms with Crippen LogP contribution in [-0.2, 0) is 16.1 Å². The summed E-state index contributed by atoms with van der Waals surface area (Å²) < 4.78 is 37.1. The third-order valence-electron chi connectivity index (χ3n) is 6.40. The number of likely N-dealkylation sites (tertiary alicyclic amines) is 2. The van der Waals surface area contributed by atoms with Crippen molar-refractivity contribution in [2.45, 2.75) is 103 Å². The largest absolute Gasteiger partial charge is 0.490 e. The van der Waals surface area contributed by atoms with Gasteiger partial charge < -0.3 is 25.0 Å². The van der Waals surface area contributed by atoms with Crippen LogP contribution in [-0.4, -0.2) is 87.3 Å². The first-order valence-electron chi connectivity index (χ1n) is 13.6. The number of carbonyl (C=O) groups is 2. The SMILES string of the molecule is CC(C)(C)OC(=O)N1CCCC[C@H]1CCO.O=C(O)C(F)(F)F.OCC[C@@H]1CCCCN1Cc1ccccc1. The highest BCUT2D eigenvalue weighted by atomic mass is 19.4. The number of hydrogen-bond acceptors (Lipinski definition) is 6. The Morgan fingerprint density at radius 2 is 1.41 bits per heavy atom. The van der Waals surface area contributed by atoms with Crippen LogP contribution in [0.1, 0.15) is 77.7 Å². The van der Waals surface area contributed by atoms with Crippen LogP contribution in [0.3, 0.4) is 0 Å². The zero-order chi connectivity index (χ0) is 29.5. The van der Waals surface area contributed by atoms with E-state index in [1.165, 1.54) is 31.4 Å². The van der Waals surface area contributed by atoms with Gasteiger partial charge in [0.15, 0.2) is 0 Å². The Morgan fingerprint density at radius 3 is 1.92 bits per heavy atom. The summed E-state index contributed by atoms with van der Waals surface area (Å²) in [4.78, 5) is 25.1. The van der Waals surface area contributed by atoms with Gasteiger partial charge in [-0.15, -0.1) is 0 Å². The first kappa shape index (κ1) is 34.7. The lowest BCUT2D eigenvalue weighted by atomic mass is 9.99. The van der Waals surface area contributed by atoms with E-state index in [-0.39, 0.29) is 18.7 Å². The van der Waals surface area contributed by atoms with E-state index in [0.717, 1.165) is 38.8 Å². The van der Waals surface area contributed by atoms with Gasteiger partial charge in [-0.1, -0.05) is 36.8 Å². The number of aliphatic hydroxyl groups excluding tert-OH is 2. The number of amides is 1. The van der Waals surface area contributed by atoms with Crippen molar-refractivity contribution in [2.75, 3.05) is 26.3 Å². The summed E-state index contributed by atoms with van der Waals surface area (Å²) in [6.45, 7) is 9.02. The van der Waals surface area contributed by atoms with Crippen molar-refractivity contribution in [3.8, 4) is 0 Å². The number of hydrogen-bond donors (Lipinski definition) is 3. The maximum atomic E-state index is 11.9. The number of nitrogens with zero attached hydrogens (tertiary/aromatic N) is 2. The van der Waals surface area contributed by atoms with E-state index >= 15 is 0 Å². The Hall–Kier alpha value is -2.37. The van der Waals surface area contributed by atoms with Crippen LogP contribution in [0.25, 0.3) is 0 Å². The van der Waals surface area contributed by atoms with E-state index in [9.17, 15) is 18.0 Å². The molecule has 2 atom stereocenters. The minimum absolute atomic E-state index is 0.129. The number of benzene rings is 1. The summed E-state index contributed by atoms with van der Waals surface area (Å²) in [6.07, 6.45) is 3.24. The molecule has 1 aromatic rings. The molecule has 0 saturated carbocycles. The molecule has 8 nitrogen and oxygen atoms in total. The predicted molar refractivity (Wildman–Crippen MR) is 142 cm³/mol. The molecule has 0 aliphatic carbocycles. The van der Waals surface area contributed by atoms with Gasteiger partial charge in [-0.25, -0.2) is 9.59 Å². The molecule has 0 spiro atoms. The number of halogens is 3. The average molecular weight is 563 g/mol. The molecule has 0 unspecified atom stereocenters. The molecule has 39 heavy (non-hydrogen) atoms. The molecule has 1 aromatic carbocycles. The molecular weight excluding hydrogens is 517 g/mol. The van der Waals surface area contributed by atoms with Crippen LogP contribution >= 0.6 is 0 Å². The van der Waals surface area contributed by atoms with E-state index in [4.69, 9.17) is 24.9 Å². The number of piperidine rings is 2. The van der Waals surface area contributed by atoms with E-state index in [1.807, 2.05) is 20.8 Å². The zero-order valence-electron chi connectivity index (χ0n) is 23.3. The fourth-order valence-corrected chi connectivity index (χ4v) is 4.57. The van der Waals surface area contributed by atoms with Crippen molar-refractivity contribution in [3.63, 3.8) is 0 Å². The summed E-state index contributed by atoms with van der Waals surface area (Å²) in [6, 6.07) is 11.4. The molecule has 0 bridgehead atoms. The van der Waals surface area contributed by atoms with Gasteiger partial charge in [-0.3, -0.25) is 4.90 Å². The Morgan fingerprint density at radius 1 is 0.897 bits per heavy atom. The third kappa shape index (κ3) is 14.5. The maximum Gasteiger partial charge on any atom is 0.490 e. The van der Waals surface area contributed by atoms with Crippen LogP contribution in [0.2, 0.25) is 0 Å². The highest BCUT2D eigenvalue weighted by Crippen LogP contribution is 2.23. The number of rotatable bonds is 6. The standard InChI is InChI=1S/C14H21NO.C12H23NO3.C2HF3O2/c16-11-9-14-8-4-5-10-15(14)12-13-6-2-1-3-7-13;1-12(2,3)16-11(15)13-8-5-4-6-10(13)7-9-14;3-2(4,5)1(6)7/h1-3,6-7,14,16H,4-5,8-12H2;10,14H,4-9H2,1-3H3;(H,6,7)/t14-;10-;/m00./s1. The number of alkyl halides is 3. The predicted octanol–water partition coefficient (Wildman–Crippen LogP) is 5.22. The molecule has 0 aromatic heterocycles. The van der Waals surface area contributed by atoms with Crippen molar-refractivity contribution in [1.82, 2.24) is 9.80 Å². The Bertz CT molecular complexity index is 829. The molecule has 2 aliphatic heterocycles. The van der Waals surface area contributed by atoms with Crippen LogP contribution < -0.4 is 0 Å². The van der Waals surface area contributed by atoms with E-state index < -0.39 is 17.7 Å². The number of carbonyl (C=O) groups excluding carboxylic acids is 1. The van der Waals surface area contributed by atoms with Crippen molar-refractivity contribution >= 4 is 12.1 Å². The Balaban J connectivity index is 0.000000316. The highest BCUT2D eigenvalue weighted by molar-refractivity contribution is 5.73. The van der Waals surface area contributed by atoms with Crippen molar-refractivity contribution < 1.29 is 42.8 Å². The number of aliphatic hydroxyl groups is 2. The van der Waals surface area contributed by atoms with Gasteiger partial charge in [-0.05, 0) is 77.8 Å². The van der Waals surface area contributed by atoms with Crippen molar-refractivity contribution in [3.05, 3.63) is 35.9 Å². The van der Waals surface area contributed by atoms with Crippen LogP contribution in [0.15, 0.2) is 30.3 Å². The second-order valence-corrected chi connectivity index (χ2v) is 10.8.